The number of benzene rings is 2. The van der Waals surface area contributed by atoms with Crippen LogP contribution in [0.1, 0.15) is 86.2 Å². The standard InChI is InChI=1S/C44H51N13O8/c1-5-56-32(19-25(3)51-56)40(60)49-43-47-29-21-27(38(45)58)23-34-36(29)54(43)14-7-8-15-55-37-30(48-44(55)50-41(61)33-20-26(4)52-57(33)6-2)22-28(24-35(37)65-18-10-17-64-34)39(59)46-12-16-53-13-9-11-31(53)42(62)63/h7-8,19-24,31H,5-6,9-18H2,1-4H3,(H2,45,58)(H,46,59)(H,62,63)(H,47,49,60)(H,48,50,61)/b8-7+/t31-/m0/s1. The lowest BCUT2D eigenvalue weighted by Crippen LogP contribution is -2.41. The van der Waals surface area contributed by atoms with E-state index in [4.69, 9.17) is 25.2 Å². The Kier molecular flexibility index (Phi) is 12.7. The van der Waals surface area contributed by atoms with Crippen molar-refractivity contribution in [3.05, 3.63) is 82.5 Å². The molecule has 6 heterocycles. The Bertz CT molecular complexity index is 2870. The van der Waals surface area contributed by atoms with Crippen LogP contribution in [0.15, 0.2) is 48.6 Å². The normalized spacial score (nSPS) is 16.0. The molecule has 2 aromatic carbocycles. The molecule has 0 aliphatic carbocycles. The van der Waals surface area contributed by atoms with Crippen LogP contribution in [0.5, 0.6) is 11.5 Å². The molecule has 340 valence electrons. The van der Waals surface area contributed by atoms with Gasteiger partial charge in [-0.2, -0.15) is 10.2 Å². The zero-order valence-electron chi connectivity index (χ0n) is 36.6. The number of nitrogens with two attached hydrogens (primary N) is 1. The summed E-state index contributed by atoms with van der Waals surface area (Å²) >= 11 is 0. The average molecular weight is 890 g/mol. The van der Waals surface area contributed by atoms with Crippen molar-refractivity contribution in [2.45, 2.75) is 79.2 Å². The fraction of sp³-hybridized carbons (Fsp3) is 0.386. The fourth-order valence-corrected chi connectivity index (χ4v) is 8.34. The van der Waals surface area contributed by atoms with E-state index >= 15 is 0 Å². The van der Waals surface area contributed by atoms with Gasteiger partial charge in [-0.1, -0.05) is 12.2 Å². The van der Waals surface area contributed by atoms with Gasteiger partial charge in [-0.3, -0.25) is 48.9 Å². The molecule has 2 aliphatic rings. The molecule has 0 spiro atoms. The maximum Gasteiger partial charge on any atom is 0.320 e. The largest absolute Gasteiger partial charge is 0.491 e. The van der Waals surface area contributed by atoms with Gasteiger partial charge < -0.3 is 34.8 Å². The molecule has 4 amide bonds. The Labute approximate surface area is 372 Å². The molecule has 1 saturated heterocycles. The van der Waals surface area contributed by atoms with Gasteiger partial charge >= 0.3 is 5.97 Å². The van der Waals surface area contributed by atoms with Gasteiger partial charge in [0, 0.05) is 56.8 Å². The molecule has 4 aromatic heterocycles. The van der Waals surface area contributed by atoms with Crippen molar-refractivity contribution in [1.29, 1.82) is 0 Å². The van der Waals surface area contributed by atoms with E-state index in [0.717, 1.165) is 6.42 Å². The number of aryl methyl sites for hydroxylation is 4. The summed E-state index contributed by atoms with van der Waals surface area (Å²) in [5.41, 5.74) is 9.95. The molecule has 1 atom stereocenters. The first-order valence-electron chi connectivity index (χ1n) is 21.6. The number of carbonyl (C=O) groups excluding carboxylic acids is 4. The summed E-state index contributed by atoms with van der Waals surface area (Å²) in [5, 5.41) is 27.3. The van der Waals surface area contributed by atoms with E-state index in [1.165, 1.54) is 0 Å². The van der Waals surface area contributed by atoms with Gasteiger partial charge in [0.1, 0.15) is 40.0 Å². The zero-order valence-corrected chi connectivity index (χ0v) is 36.6. The SMILES string of the molecule is CCn1nc(C)cc1C(=O)Nc1nc2cc(C(N)=O)cc3c2n1C/C=C/Cn1c(NC(=O)c2cc(C)nn2CC)nc2cc(C(=O)NCCN4CCC[C@H]4C(=O)O)cc(c21)OCCCO3. The lowest BCUT2D eigenvalue weighted by atomic mass is 10.1. The second-order valence-electron chi connectivity index (χ2n) is 15.8. The minimum Gasteiger partial charge on any atom is -0.491 e. The van der Waals surface area contributed by atoms with Gasteiger partial charge in [-0.25, -0.2) is 9.97 Å². The summed E-state index contributed by atoms with van der Waals surface area (Å²) in [7, 11) is 0. The van der Waals surface area contributed by atoms with Gasteiger partial charge in [0.15, 0.2) is 0 Å². The van der Waals surface area contributed by atoms with E-state index in [0.29, 0.717) is 95.4 Å². The number of hydrogen-bond acceptors (Lipinski definition) is 12. The molecule has 0 unspecified atom stereocenters. The fourth-order valence-electron chi connectivity index (χ4n) is 8.34. The van der Waals surface area contributed by atoms with Crippen LogP contribution >= 0.6 is 0 Å². The van der Waals surface area contributed by atoms with Crippen LogP contribution in [0.4, 0.5) is 11.9 Å². The van der Waals surface area contributed by atoms with Gasteiger partial charge in [0.05, 0.1) is 35.6 Å². The first kappa shape index (κ1) is 44.1. The highest BCUT2D eigenvalue weighted by atomic mass is 16.5. The molecule has 8 rings (SSSR count). The maximum absolute atomic E-state index is 13.9. The Morgan fingerprint density at radius 2 is 1.26 bits per heavy atom. The predicted molar refractivity (Wildman–Crippen MR) is 238 cm³/mol. The lowest BCUT2D eigenvalue weighted by molar-refractivity contribution is -0.142. The third-order valence-corrected chi connectivity index (χ3v) is 11.4. The van der Waals surface area contributed by atoms with Crippen LogP contribution in [0, 0.1) is 13.8 Å². The summed E-state index contributed by atoms with van der Waals surface area (Å²) in [4.78, 5) is 77.0. The number of aliphatic carboxylic acids is 1. The summed E-state index contributed by atoms with van der Waals surface area (Å²) in [5.74, 6) is -1.84. The second kappa shape index (κ2) is 18.7. The third kappa shape index (κ3) is 9.12. The molecule has 65 heavy (non-hydrogen) atoms. The number of hydrogen-bond donors (Lipinski definition) is 5. The Balaban J connectivity index is 1.17. The van der Waals surface area contributed by atoms with Gasteiger partial charge in [0.25, 0.3) is 17.7 Å². The van der Waals surface area contributed by atoms with Crippen molar-refractivity contribution < 1.29 is 38.6 Å². The van der Waals surface area contributed by atoms with Gasteiger partial charge in [-0.15, -0.1) is 0 Å². The highest BCUT2D eigenvalue weighted by molar-refractivity contribution is 6.05. The number of aromatic nitrogens is 8. The number of carboxylic acid groups (broad SMARTS) is 1. The summed E-state index contributed by atoms with van der Waals surface area (Å²) in [6.45, 7) is 10.1. The Hall–Kier alpha value is -7.55. The molecule has 0 saturated carbocycles. The van der Waals surface area contributed by atoms with E-state index in [-0.39, 0.29) is 55.9 Å². The zero-order chi connectivity index (χ0) is 45.9. The van der Waals surface area contributed by atoms with E-state index in [1.807, 2.05) is 30.9 Å². The number of anilines is 2. The van der Waals surface area contributed by atoms with E-state index in [2.05, 4.69) is 26.1 Å². The molecular formula is C44H51N13O8. The topological polar surface area (TPSA) is 261 Å². The monoisotopic (exact) mass is 889 g/mol. The van der Waals surface area contributed by atoms with Gasteiger partial charge in [-0.05, 0) is 83.5 Å². The first-order valence-corrected chi connectivity index (χ1v) is 21.6. The van der Waals surface area contributed by atoms with Crippen LogP contribution in [0.3, 0.4) is 0 Å². The minimum atomic E-state index is -0.880. The van der Waals surface area contributed by atoms with Crippen molar-refractivity contribution in [3.63, 3.8) is 0 Å². The predicted octanol–water partition coefficient (Wildman–Crippen LogP) is 3.74. The molecule has 1 fully saturated rings. The number of carbonyl (C=O) groups is 5. The average Bonchev–Trinajstić information content (AvgIpc) is 4.11. The molecule has 2 aliphatic heterocycles. The minimum absolute atomic E-state index is 0.118. The number of allylic oxidation sites excluding steroid dienone is 2. The number of imidazole rings is 2. The highest BCUT2D eigenvalue weighted by Crippen LogP contribution is 2.34. The van der Waals surface area contributed by atoms with Crippen molar-refractivity contribution in [2.75, 3.05) is 43.5 Å². The molecule has 21 heteroatoms. The third-order valence-electron chi connectivity index (χ3n) is 11.4. The Morgan fingerprint density at radius 3 is 1.77 bits per heavy atom. The quantitative estimate of drug-likeness (QED) is 0.110. The molecule has 6 aromatic rings. The summed E-state index contributed by atoms with van der Waals surface area (Å²) in [6.07, 6.45) is 5.38. The number of ether oxygens (including phenoxy) is 2. The van der Waals surface area contributed by atoms with E-state index in [1.54, 1.807) is 68.7 Å². The summed E-state index contributed by atoms with van der Waals surface area (Å²) < 4.78 is 19.5. The number of nitrogens with one attached hydrogen (secondary N) is 3. The molecule has 21 nitrogen and oxygen atoms in total. The molecule has 0 radical (unpaired) electrons. The van der Waals surface area contributed by atoms with Crippen LogP contribution in [0.25, 0.3) is 22.1 Å². The Morgan fingerprint density at radius 1 is 0.738 bits per heavy atom. The number of amides is 4. The number of rotatable bonds is 12. The number of likely N-dealkylation sites (tertiary alicyclic amines) is 1. The van der Waals surface area contributed by atoms with Crippen LogP contribution in [0.2, 0.25) is 0 Å². The molecular weight excluding hydrogens is 839 g/mol. The van der Waals surface area contributed by atoms with Crippen LogP contribution in [-0.4, -0.2) is 117 Å². The van der Waals surface area contributed by atoms with Crippen molar-refractivity contribution in [3.8, 4) is 11.5 Å². The smallest absolute Gasteiger partial charge is 0.320 e. The van der Waals surface area contributed by atoms with E-state index < -0.39 is 35.6 Å². The highest BCUT2D eigenvalue weighted by Gasteiger charge is 2.30. The molecule has 6 N–H and O–H groups in total. The van der Waals surface area contributed by atoms with E-state index in [9.17, 15) is 29.1 Å². The number of primary amides is 1. The van der Waals surface area contributed by atoms with Crippen LogP contribution in [-0.2, 0) is 31.0 Å². The van der Waals surface area contributed by atoms with Crippen molar-refractivity contribution in [2.24, 2.45) is 5.73 Å². The summed E-state index contributed by atoms with van der Waals surface area (Å²) in [6, 6.07) is 9.13. The second-order valence-corrected chi connectivity index (χ2v) is 15.8. The lowest BCUT2D eigenvalue weighted by Gasteiger charge is -2.21. The van der Waals surface area contributed by atoms with Gasteiger partial charge in [0.2, 0.25) is 17.8 Å². The number of carboxylic acids is 1. The molecule has 0 bridgehead atoms. The number of nitrogens with zero attached hydrogens (tertiary/aromatic N) is 9. The maximum atomic E-state index is 13.9. The van der Waals surface area contributed by atoms with Crippen LogP contribution < -0.4 is 31.2 Å². The van der Waals surface area contributed by atoms with Crippen molar-refractivity contribution >= 4 is 63.6 Å². The first-order chi connectivity index (χ1) is 31.3. The van der Waals surface area contributed by atoms with Crippen molar-refractivity contribution in [1.82, 2.24) is 48.9 Å².